The Morgan fingerprint density at radius 2 is 0.944 bits per heavy atom. The number of fused-ring (bicyclic) bond motifs is 10. The molecule has 3 nitrogen and oxygen atoms in total. The van der Waals surface area contributed by atoms with Crippen LogP contribution >= 0.6 is 11.3 Å². The summed E-state index contributed by atoms with van der Waals surface area (Å²) in [7, 11) is 0. The number of nitrogens with zero attached hydrogens (tertiary/aromatic N) is 3. The van der Waals surface area contributed by atoms with Crippen LogP contribution in [-0.4, -0.2) is 14.5 Å². The number of benzene rings is 8. The fourth-order valence-corrected chi connectivity index (χ4v) is 9.34. The molecule has 0 radical (unpaired) electrons. The lowest BCUT2D eigenvalue weighted by Crippen LogP contribution is -1.97. The molecule has 0 saturated heterocycles. The fourth-order valence-electron chi connectivity index (χ4n) is 8.10. The van der Waals surface area contributed by atoms with Crippen molar-refractivity contribution in [3.05, 3.63) is 188 Å². The quantitative estimate of drug-likeness (QED) is 0.178. The second kappa shape index (κ2) is 12.4. The van der Waals surface area contributed by atoms with Gasteiger partial charge in [-0.1, -0.05) is 152 Å². The largest absolute Gasteiger partial charge is 0.309 e. The molecule has 0 saturated carbocycles. The van der Waals surface area contributed by atoms with E-state index in [4.69, 9.17) is 9.97 Å². The minimum Gasteiger partial charge on any atom is -0.309 e. The summed E-state index contributed by atoms with van der Waals surface area (Å²) in [5.41, 5.74) is 10.9. The molecule has 54 heavy (non-hydrogen) atoms. The third-order valence-electron chi connectivity index (χ3n) is 10.6. The van der Waals surface area contributed by atoms with Crippen molar-refractivity contribution in [3.8, 4) is 50.7 Å². The highest BCUT2D eigenvalue weighted by molar-refractivity contribution is 7.27. The van der Waals surface area contributed by atoms with Crippen molar-refractivity contribution >= 4 is 64.1 Å². The molecule has 0 unspecified atom stereocenters. The zero-order chi connectivity index (χ0) is 35.6. The molecule has 8 aromatic carbocycles. The zero-order valence-corrected chi connectivity index (χ0v) is 30.0. The van der Waals surface area contributed by atoms with Crippen LogP contribution in [0.1, 0.15) is 0 Å². The summed E-state index contributed by atoms with van der Waals surface area (Å²) >= 11 is 1.89. The standard InChI is InChI=1S/C50H31N3S/c1-4-14-32(15-5-1)36-26-29-44-41(30-36)46-38-20-10-11-21-39(38)49-47(40-22-12-13-23-45(40)54-49)48(46)53(44)37-27-24-34(25-28-37)43-31-42(33-16-6-2-7-17-33)51-50(52-43)35-18-8-3-9-19-35/h1-31H. The highest BCUT2D eigenvalue weighted by Gasteiger charge is 2.22. The van der Waals surface area contributed by atoms with Gasteiger partial charge in [-0.25, -0.2) is 9.97 Å². The topological polar surface area (TPSA) is 30.7 Å². The first-order valence-corrected chi connectivity index (χ1v) is 19.1. The van der Waals surface area contributed by atoms with Gasteiger partial charge in [0.2, 0.25) is 0 Å². The lowest BCUT2D eigenvalue weighted by Gasteiger charge is -2.12. The summed E-state index contributed by atoms with van der Waals surface area (Å²) in [5, 5.41) is 7.71. The van der Waals surface area contributed by atoms with Gasteiger partial charge in [0.05, 0.1) is 22.4 Å². The summed E-state index contributed by atoms with van der Waals surface area (Å²) in [6, 6.07) is 67.1. The molecule has 3 heterocycles. The van der Waals surface area contributed by atoms with E-state index in [0.29, 0.717) is 5.82 Å². The van der Waals surface area contributed by atoms with Crippen molar-refractivity contribution < 1.29 is 0 Å². The summed E-state index contributed by atoms with van der Waals surface area (Å²) in [6.07, 6.45) is 0. The van der Waals surface area contributed by atoms with Crippen LogP contribution in [0.5, 0.6) is 0 Å². The molecule has 0 N–H and O–H groups in total. The van der Waals surface area contributed by atoms with Gasteiger partial charge in [0.25, 0.3) is 0 Å². The molecule has 0 amide bonds. The van der Waals surface area contributed by atoms with Gasteiger partial charge in [-0.2, -0.15) is 0 Å². The summed E-state index contributed by atoms with van der Waals surface area (Å²) in [5.74, 6) is 0.714. The molecule has 0 aliphatic rings. The molecular formula is C50H31N3S. The van der Waals surface area contributed by atoms with Gasteiger partial charge in [-0.15, -0.1) is 11.3 Å². The molecule has 0 bridgehead atoms. The van der Waals surface area contributed by atoms with Crippen LogP contribution in [0.3, 0.4) is 0 Å². The van der Waals surface area contributed by atoms with Crippen LogP contribution in [0.25, 0.3) is 103 Å². The molecule has 252 valence electrons. The maximum absolute atomic E-state index is 5.12. The van der Waals surface area contributed by atoms with E-state index in [-0.39, 0.29) is 0 Å². The third-order valence-corrected chi connectivity index (χ3v) is 11.8. The van der Waals surface area contributed by atoms with Gasteiger partial charge >= 0.3 is 0 Å². The van der Waals surface area contributed by atoms with Crippen LogP contribution in [0.4, 0.5) is 0 Å². The van der Waals surface area contributed by atoms with E-state index in [9.17, 15) is 0 Å². The number of hydrogen-bond acceptors (Lipinski definition) is 3. The first-order chi connectivity index (χ1) is 26.8. The maximum atomic E-state index is 5.12. The fraction of sp³-hybridized carbons (Fsp3) is 0. The highest BCUT2D eigenvalue weighted by Crippen LogP contribution is 2.48. The minimum atomic E-state index is 0.714. The Morgan fingerprint density at radius 3 is 1.65 bits per heavy atom. The Morgan fingerprint density at radius 1 is 0.389 bits per heavy atom. The summed E-state index contributed by atoms with van der Waals surface area (Å²) in [4.78, 5) is 10.1. The second-order valence-corrected chi connectivity index (χ2v) is 14.8. The van der Waals surface area contributed by atoms with Crippen LogP contribution in [0.15, 0.2) is 188 Å². The Kier molecular flexibility index (Phi) is 7.04. The van der Waals surface area contributed by atoms with E-state index in [1.165, 1.54) is 63.9 Å². The zero-order valence-electron chi connectivity index (χ0n) is 29.1. The third kappa shape index (κ3) is 4.88. The van der Waals surface area contributed by atoms with Gasteiger partial charge in [0, 0.05) is 58.7 Å². The molecule has 11 aromatic rings. The summed E-state index contributed by atoms with van der Waals surface area (Å²) in [6.45, 7) is 0. The van der Waals surface area contributed by atoms with E-state index in [1.54, 1.807) is 0 Å². The normalized spacial score (nSPS) is 11.7. The predicted molar refractivity (Wildman–Crippen MR) is 229 cm³/mol. The molecule has 0 aliphatic carbocycles. The molecule has 0 fully saturated rings. The van der Waals surface area contributed by atoms with Crippen molar-refractivity contribution in [2.75, 3.05) is 0 Å². The van der Waals surface area contributed by atoms with Gasteiger partial charge < -0.3 is 4.57 Å². The second-order valence-electron chi connectivity index (χ2n) is 13.7. The van der Waals surface area contributed by atoms with Gasteiger partial charge in [-0.05, 0) is 52.9 Å². The lowest BCUT2D eigenvalue weighted by molar-refractivity contribution is 1.17. The molecular weight excluding hydrogens is 675 g/mol. The summed E-state index contributed by atoms with van der Waals surface area (Å²) < 4.78 is 5.11. The first-order valence-electron chi connectivity index (χ1n) is 18.2. The van der Waals surface area contributed by atoms with Crippen molar-refractivity contribution in [1.82, 2.24) is 14.5 Å². The Bertz CT molecular complexity index is 3120. The molecule has 3 aromatic heterocycles. The number of aromatic nitrogens is 3. The Balaban J connectivity index is 1.18. The van der Waals surface area contributed by atoms with Gasteiger partial charge in [-0.3, -0.25) is 0 Å². The monoisotopic (exact) mass is 705 g/mol. The molecule has 4 heteroatoms. The molecule has 0 atom stereocenters. The first kappa shape index (κ1) is 30.7. The lowest BCUT2D eigenvalue weighted by atomic mass is 9.98. The Hall–Kier alpha value is -6.88. The smallest absolute Gasteiger partial charge is 0.160 e. The average Bonchev–Trinajstić information content (AvgIpc) is 3.81. The van der Waals surface area contributed by atoms with Crippen LogP contribution < -0.4 is 0 Å². The van der Waals surface area contributed by atoms with E-state index in [1.807, 2.05) is 35.6 Å². The molecule has 11 rings (SSSR count). The van der Waals surface area contributed by atoms with Crippen molar-refractivity contribution in [2.45, 2.75) is 0 Å². The van der Waals surface area contributed by atoms with E-state index in [0.717, 1.165) is 33.8 Å². The predicted octanol–water partition coefficient (Wildman–Crippen LogP) is 13.8. The molecule has 0 spiro atoms. The van der Waals surface area contributed by atoms with Crippen molar-refractivity contribution in [1.29, 1.82) is 0 Å². The van der Waals surface area contributed by atoms with Crippen molar-refractivity contribution in [2.24, 2.45) is 0 Å². The number of rotatable bonds is 5. The van der Waals surface area contributed by atoms with Crippen LogP contribution in [0, 0.1) is 0 Å². The van der Waals surface area contributed by atoms with Crippen molar-refractivity contribution in [3.63, 3.8) is 0 Å². The number of hydrogen-bond donors (Lipinski definition) is 0. The average molecular weight is 706 g/mol. The number of thiophene rings is 1. The van der Waals surface area contributed by atoms with Crippen LogP contribution in [0.2, 0.25) is 0 Å². The van der Waals surface area contributed by atoms with E-state index < -0.39 is 0 Å². The SMILES string of the molecule is c1ccc(-c2ccc3c(c2)c2c4ccccc4c4sc5ccccc5c4c2n3-c2ccc(-c3cc(-c4ccccc4)nc(-c4ccccc4)n3)cc2)cc1. The minimum absolute atomic E-state index is 0.714. The van der Waals surface area contributed by atoms with Gasteiger partial charge in [0.15, 0.2) is 5.82 Å². The van der Waals surface area contributed by atoms with Gasteiger partial charge in [0.1, 0.15) is 0 Å². The highest BCUT2D eigenvalue weighted by atomic mass is 32.1. The Labute approximate surface area is 316 Å². The molecule has 0 aliphatic heterocycles. The van der Waals surface area contributed by atoms with Crippen LogP contribution in [-0.2, 0) is 0 Å². The maximum Gasteiger partial charge on any atom is 0.160 e. The van der Waals surface area contributed by atoms with E-state index in [2.05, 4.69) is 168 Å². The van der Waals surface area contributed by atoms with E-state index >= 15 is 0 Å².